The van der Waals surface area contributed by atoms with Gasteiger partial charge in [0, 0.05) is 33.3 Å². The molecule has 0 spiro atoms. The summed E-state index contributed by atoms with van der Waals surface area (Å²) >= 11 is 3.48. The van der Waals surface area contributed by atoms with Gasteiger partial charge in [-0.1, -0.05) is 109 Å². The molecule has 302 valence electrons. The van der Waals surface area contributed by atoms with Crippen molar-refractivity contribution in [1.29, 1.82) is 0 Å². The van der Waals surface area contributed by atoms with E-state index in [1.54, 1.807) is 5.32 Å². The van der Waals surface area contributed by atoms with Crippen LogP contribution in [0.3, 0.4) is 0 Å². The highest BCUT2D eigenvalue weighted by molar-refractivity contribution is 9.10. The number of carbonyl (C=O) groups excluding carboxylic acids is 1. The SMILES string of the molecule is NC1(c2ccc(-c3nc4ccc(Br)nn4c3-c3ccccc3)cc2)CCC1.NC1(c2ccc(-c3nc4ccc(NC(=O)C(F)(F)F)nn4c3-c3ccccc3)cc2)CCC1. The summed E-state index contributed by atoms with van der Waals surface area (Å²) in [5, 5.41) is 10.7. The minimum Gasteiger partial charge on any atom is -0.321 e. The summed E-state index contributed by atoms with van der Waals surface area (Å²) in [5.41, 5.74) is 22.9. The number of aromatic nitrogens is 6. The van der Waals surface area contributed by atoms with Crippen molar-refractivity contribution in [3.63, 3.8) is 0 Å². The summed E-state index contributed by atoms with van der Waals surface area (Å²) in [4.78, 5) is 20.9. The number of benzene rings is 4. The molecule has 10 rings (SSSR count). The van der Waals surface area contributed by atoms with Gasteiger partial charge in [-0.15, -0.1) is 5.10 Å². The lowest BCUT2D eigenvalue weighted by molar-refractivity contribution is -0.167. The molecule has 0 bridgehead atoms. The molecule has 4 heterocycles. The van der Waals surface area contributed by atoms with E-state index in [2.05, 4.69) is 67.5 Å². The van der Waals surface area contributed by atoms with E-state index in [4.69, 9.17) is 16.5 Å². The maximum atomic E-state index is 12.7. The Morgan fingerprint density at radius 2 is 1.02 bits per heavy atom. The van der Waals surface area contributed by atoms with E-state index in [1.165, 1.54) is 28.6 Å². The van der Waals surface area contributed by atoms with Crippen LogP contribution >= 0.6 is 15.9 Å². The monoisotopic (exact) mass is 869 g/mol. The van der Waals surface area contributed by atoms with Crippen LogP contribution < -0.4 is 16.8 Å². The second kappa shape index (κ2) is 15.4. The predicted molar refractivity (Wildman–Crippen MR) is 230 cm³/mol. The molecule has 2 aliphatic carbocycles. The molecule has 2 saturated carbocycles. The first kappa shape index (κ1) is 39.3. The minimum absolute atomic E-state index is 0.147. The van der Waals surface area contributed by atoms with Crippen molar-refractivity contribution in [3.05, 3.63) is 149 Å². The smallest absolute Gasteiger partial charge is 0.321 e. The minimum atomic E-state index is -5.01. The van der Waals surface area contributed by atoms with Gasteiger partial charge in [0.25, 0.3) is 0 Å². The Labute approximate surface area is 351 Å². The fourth-order valence-corrected chi connectivity index (χ4v) is 8.11. The number of anilines is 1. The maximum Gasteiger partial charge on any atom is 0.471 e. The summed E-state index contributed by atoms with van der Waals surface area (Å²) in [7, 11) is 0. The zero-order valence-corrected chi connectivity index (χ0v) is 33.8. The van der Waals surface area contributed by atoms with E-state index >= 15 is 0 Å². The summed E-state index contributed by atoms with van der Waals surface area (Å²) in [6.45, 7) is 0. The van der Waals surface area contributed by atoms with Crippen molar-refractivity contribution in [2.75, 3.05) is 5.32 Å². The van der Waals surface area contributed by atoms with Crippen LogP contribution in [0.2, 0.25) is 0 Å². The van der Waals surface area contributed by atoms with E-state index in [-0.39, 0.29) is 16.9 Å². The normalized spacial score (nSPS) is 15.4. The number of nitrogens with two attached hydrogens (primary N) is 2. The quantitative estimate of drug-likeness (QED) is 0.145. The average molecular weight is 871 g/mol. The van der Waals surface area contributed by atoms with Gasteiger partial charge >= 0.3 is 12.1 Å². The number of imidazole rings is 2. The van der Waals surface area contributed by atoms with Gasteiger partial charge in [-0.05, 0) is 89.8 Å². The van der Waals surface area contributed by atoms with Crippen molar-refractivity contribution >= 4 is 38.9 Å². The number of nitrogens with zero attached hydrogens (tertiary/aromatic N) is 6. The molecule has 2 fully saturated rings. The van der Waals surface area contributed by atoms with Gasteiger partial charge in [-0.3, -0.25) is 4.79 Å². The molecule has 4 aromatic carbocycles. The zero-order chi connectivity index (χ0) is 41.6. The van der Waals surface area contributed by atoms with E-state index < -0.39 is 12.1 Å². The van der Waals surface area contributed by atoms with Gasteiger partial charge in [-0.2, -0.15) is 18.3 Å². The standard InChI is InChI=1S/C24H20F3N5O.C22H19BrN4/c25-24(26,27)22(33)29-18-11-12-19-30-20(21(32(19)31-18)16-5-2-1-3-6-16)15-7-9-17(10-8-15)23(28)13-4-14-23;23-18-11-12-19-25-20(21(27(19)26-18)16-5-2-1-3-6-16)15-7-9-17(10-8-15)22(24)13-4-14-22/h1-3,5-12H,4,13-14,28H2,(H,29,31,33);1-3,5-12H,4,13-14,24H2. The van der Waals surface area contributed by atoms with Gasteiger partial charge < -0.3 is 16.8 Å². The third-order valence-electron chi connectivity index (χ3n) is 11.5. The van der Waals surface area contributed by atoms with E-state index in [0.717, 1.165) is 81.6 Å². The Balaban J connectivity index is 0.000000157. The van der Waals surface area contributed by atoms with Crippen molar-refractivity contribution in [2.45, 2.75) is 55.8 Å². The number of carbonyl (C=O) groups is 1. The van der Waals surface area contributed by atoms with Crippen LogP contribution in [0.25, 0.3) is 56.3 Å². The van der Waals surface area contributed by atoms with E-state index in [9.17, 15) is 18.0 Å². The molecule has 0 atom stereocenters. The number of halogens is 4. The number of alkyl halides is 3. The van der Waals surface area contributed by atoms with Gasteiger partial charge in [0.05, 0.1) is 11.4 Å². The van der Waals surface area contributed by atoms with Crippen LogP contribution in [-0.2, 0) is 15.9 Å². The molecule has 0 unspecified atom stereocenters. The number of hydrogen-bond donors (Lipinski definition) is 3. The summed E-state index contributed by atoms with van der Waals surface area (Å²) in [5.74, 6) is -2.31. The van der Waals surface area contributed by atoms with Crippen LogP contribution in [0.5, 0.6) is 0 Å². The van der Waals surface area contributed by atoms with Crippen molar-refractivity contribution in [3.8, 4) is 45.0 Å². The van der Waals surface area contributed by atoms with Crippen LogP contribution in [0.4, 0.5) is 19.0 Å². The third kappa shape index (κ3) is 7.46. The lowest BCUT2D eigenvalue weighted by Crippen LogP contribution is -2.43. The number of amides is 1. The molecule has 0 aliphatic heterocycles. The number of hydrogen-bond acceptors (Lipinski definition) is 7. The Kier molecular flexibility index (Phi) is 10.1. The fourth-order valence-electron chi connectivity index (χ4n) is 7.82. The molecule has 8 aromatic rings. The van der Waals surface area contributed by atoms with Crippen molar-refractivity contribution < 1.29 is 18.0 Å². The molecule has 10 nitrogen and oxygen atoms in total. The highest BCUT2D eigenvalue weighted by Gasteiger charge is 2.39. The average Bonchev–Trinajstić information content (AvgIpc) is 3.81. The number of rotatable bonds is 7. The lowest BCUT2D eigenvalue weighted by atomic mass is 9.72. The largest absolute Gasteiger partial charge is 0.471 e. The molecular formula is C46H39BrF3N9O. The molecule has 14 heteroatoms. The zero-order valence-electron chi connectivity index (χ0n) is 32.2. The summed E-state index contributed by atoms with van der Waals surface area (Å²) in [6, 6.07) is 42.7. The first-order chi connectivity index (χ1) is 28.9. The first-order valence-corrected chi connectivity index (χ1v) is 20.4. The Morgan fingerprint density at radius 3 is 1.43 bits per heavy atom. The molecule has 5 N–H and O–H groups in total. The number of fused-ring (bicyclic) bond motifs is 2. The summed E-state index contributed by atoms with van der Waals surface area (Å²) < 4.78 is 42.2. The van der Waals surface area contributed by atoms with Crippen molar-refractivity contribution in [2.24, 2.45) is 11.5 Å². The lowest BCUT2D eigenvalue weighted by Gasteiger charge is -2.38. The van der Waals surface area contributed by atoms with Gasteiger partial charge in [0.1, 0.15) is 16.0 Å². The highest BCUT2D eigenvalue weighted by Crippen LogP contribution is 2.41. The van der Waals surface area contributed by atoms with Crippen LogP contribution in [0.1, 0.15) is 49.7 Å². The van der Waals surface area contributed by atoms with Gasteiger partial charge in [0.15, 0.2) is 17.1 Å². The molecule has 60 heavy (non-hydrogen) atoms. The molecule has 0 radical (unpaired) electrons. The molecular weight excluding hydrogens is 831 g/mol. The Hall–Kier alpha value is -6.22. The van der Waals surface area contributed by atoms with Crippen molar-refractivity contribution in [1.82, 2.24) is 29.2 Å². The second-order valence-electron chi connectivity index (χ2n) is 15.4. The fraction of sp³-hybridized carbons (Fsp3) is 0.196. The first-order valence-electron chi connectivity index (χ1n) is 19.6. The van der Waals surface area contributed by atoms with E-state index in [1.807, 2.05) is 89.4 Å². The summed E-state index contributed by atoms with van der Waals surface area (Å²) in [6.07, 6.45) is 1.34. The van der Waals surface area contributed by atoms with Gasteiger partial charge in [-0.25, -0.2) is 19.0 Å². The Morgan fingerprint density at radius 1 is 0.583 bits per heavy atom. The Bertz CT molecular complexity index is 2830. The molecule has 1 amide bonds. The second-order valence-corrected chi connectivity index (χ2v) is 16.2. The van der Waals surface area contributed by atoms with Crippen LogP contribution in [0.15, 0.2) is 138 Å². The van der Waals surface area contributed by atoms with Crippen LogP contribution in [-0.4, -0.2) is 41.3 Å². The molecule has 4 aromatic heterocycles. The number of nitrogens with one attached hydrogen (secondary N) is 1. The predicted octanol–water partition coefficient (Wildman–Crippen LogP) is 10.1. The molecule has 0 saturated heterocycles. The third-order valence-corrected chi connectivity index (χ3v) is 11.9. The topological polar surface area (TPSA) is 142 Å². The highest BCUT2D eigenvalue weighted by atomic mass is 79.9. The molecule has 2 aliphatic rings. The maximum absolute atomic E-state index is 12.7. The van der Waals surface area contributed by atoms with E-state index in [0.29, 0.717) is 17.0 Å². The van der Waals surface area contributed by atoms with Gasteiger partial charge in [0.2, 0.25) is 0 Å². The van der Waals surface area contributed by atoms with Crippen LogP contribution in [0, 0.1) is 0 Å².